The van der Waals surface area contributed by atoms with Gasteiger partial charge in [-0.25, -0.2) is 4.98 Å². The van der Waals surface area contributed by atoms with Crippen LogP contribution in [0.1, 0.15) is 16.8 Å². The van der Waals surface area contributed by atoms with E-state index >= 15 is 0 Å². The van der Waals surface area contributed by atoms with Crippen LogP contribution in [0.15, 0.2) is 34.1 Å². The average Bonchev–Trinajstić information content (AvgIpc) is 2.89. The highest BCUT2D eigenvalue weighted by Crippen LogP contribution is 2.17. The van der Waals surface area contributed by atoms with Crippen molar-refractivity contribution in [1.29, 1.82) is 0 Å². The number of amidine groups is 1. The van der Waals surface area contributed by atoms with Crippen molar-refractivity contribution in [3.63, 3.8) is 0 Å². The van der Waals surface area contributed by atoms with E-state index in [-0.39, 0.29) is 5.84 Å². The Morgan fingerprint density at radius 1 is 1.53 bits per heavy atom. The van der Waals surface area contributed by atoms with Crippen LogP contribution in [-0.2, 0) is 6.54 Å². The van der Waals surface area contributed by atoms with E-state index < -0.39 is 0 Å². The third-order valence-corrected chi connectivity index (χ3v) is 3.47. The van der Waals surface area contributed by atoms with Gasteiger partial charge in [-0.1, -0.05) is 5.16 Å². The van der Waals surface area contributed by atoms with Crippen molar-refractivity contribution in [3.05, 3.63) is 45.8 Å². The van der Waals surface area contributed by atoms with E-state index in [1.165, 1.54) is 5.56 Å². The SMILES string of the molecule is Cc1cc(/C(N)=N/O)cc(N(C)Cc2ccsc2)n1. The first-order chi connectivity index (χ1) is 9.10. The van der Waals surface area contributed by atoms with Crippen LogP contribution >= 0.6 is 11.3 Å². The summed E-state index contributed by atoms with van der Waals surface area (Å²) in [4.78, 5) is 6.50. The van der Waals surface area contributed by atoms with Gasteiger partial charge in [0, 0.05) is 24.8 Å². The third-order valence-electron chi connectivity index (χ3n) is 2.73. The number of aryl methyl sites for hydroxylation is 1. The summed E-state index contributed by atoms with van der Waals surface area (Å²) < 4.78 is 0. The zero-order valence-corrected chi connectivity index (χ0v) is 11.7. The minimum Gasteiger partial charge on any atom is -0.409 e. The van der Waals surface area contributed by atoms with Gasteiger partial charge in [-0.05, 0) is 41.4 Å². The average molecular weight is 276 g/mol. The molecule has 0 fully saturated rings. The van der Waals surface area contributed by atoms with E-state index in [4.69, 9.17) is 10.9 Å². The summed E-state index contributed by atoms with van der Waals surface area (Å²) in [6.07, 6.45) is 0. The lowest BCUT2D eigenvalue weighted by atomic mass is 10.2. The van der Waals surface area contributed by atoms with Gasteiger partial charge in [0.05, 0.1) is 0 Å². The van der Waals surface area contributed by atoms with Gasteiger partial charge in [0.25, 0.3) is 0 Å². The number of thiophene rings is 1. The fourth-order valence-electron chi connectivity index (χ4n) is 1.79. The molecule has 2 aromatic heterocycles. The minimum absolute atomic E-state index is 0.0932. The van der Waals surface area contributed by atoms with Crippen LogP contribution in [0.3, 0.4) is 0 Å². The molecule has 0 spiro atoms. The van der Waals surface area contributed by atoms with E-state index in [9.17, 15) is 0 Å². The fourth-order valence-corrected chi connectivity index (χ4v) is 2.45. The number of aromatic nitrogens is 1. The Balaban J connectivity index is 2.26. The highest BCUT2D eigenvalue weighted by molar-refractivity contribution is 7.07. The van der Waals surface area contributed by atoms with Gasteiger partial charge in [-0.2, -0.15) is 11.3 Å². The van der Waals surface area contributed by atoms with Crippen molar-refractivity contribution in [2.24, 2.45) is 10.9 Å². The molecule has 2 rings (SSSR count). The standard InChI is InChI=1S/C13H16N4OS/c1-9-5-11(13(14)16-18)6-12(15-9)17(2)7-10-3-4-19-8-10/h3-6,8,18H,7H2,1-2H3,(H2,14,16). The van der Waals surface area contributed by atoms with E-state index in [1.807, 2.05) is 24.9 Å². The lowest BCUT2D eigenvalue weighted by molar-refractivity contribution is 0.318. The van der Waals surface area contributed by atoms with Gasteiger partial charge < -0.3 is 15.8 Å². The Bertz CT molecular complexity index is 580. The third kappa shape index (κ3) is 3.23. The van der Waals surface area contributed by atoms with Crippen LogP contribution in [0.25, 0.3) is 0 Å². The molecular formula is C13H16N4OS. The Kier molecular flexibility index (Phi) is 4.01. The number of nitrogens with zero attached hydrogens (tertiary/aromatic N) is 3. The summed E-state index contributed by atoms with van der Waals surface area (Å²) in [6, 6.07) is 5.69. The lowest BCUT2D eigenvalue weighted by Gasteiger charge is -2.18. The van der Waals surface area contributed by atoms with Crippen LogP contribution in [0.5, 0.6) is 0 Å². The zero-order chi connectivity index (χ0) is 13.8. The molecule has 2 aromatic rings. The highest BCUT2D eigenvalue weighted by atomic mass is 32.1. The number of oxime groups is 1. The lowest BCUT2D eigenvalue weighted by Crippen LogP contribution is -2.20. The van der Waals surface area contributed by atoms with Crippen LogP contribution < -0.4 is 10.6 Å². The molecule has 6 heteroatoms. The van der Waals surface area contributed by atoms with Gasteiger partial charge in [0.1, 0.15) is 5.82 Å². The summed E-state index contributed by atoms with van der Waals surface area (Å²) in [6.45, 7) is 2.66. The largest absolute Gasteiger partial charge is 0.409 e. The predicted octanol–water partition coefficient (Wildman–Crippen LogP) is 2.18. The molecule has 2 heterocycles. The van der Waals surface area contributed by atoms with Crippen molar-refractivity contribution in [1.82, 2.24) is 4.98 Å². The molecule has 0 atom stereocenters. The monoisotopic (exact) mass is 276 g/mol. The molecule has 100 valence electrons. The number of hydrogen-bond acceptors (Lipinski definition) is 5. The van der Waals surface area contributed by atoms with Crippen molar-refractivity contribution in [3.8, 4) is 0 Å². The molecule has 0 aliphatic rings. The number of pyridine rings is 1. The molecule has 0 unspecified atom stereocenters. The first-order valence-corrected chi connectivity index (χ1v) is 6.73. The number of rotatable bonds is 4. The molecule has 0 aliphatic heterocycles. The quantitative estimate of drug-likeness (QED) is 0.388. The second-order valence-electron chi connectivity index (χ2n) is 4.33. The van der Waals surface area contributed by atoms with Crippen molar-refractivity contribution < 1.29 is 5.21 Å². The summed E-state index contributed by atoms with van der Waals surface area (Å²) >= 11 is 1.67. The van der Waals surface area contributed by atoms with Gasteiger partial charge in [0.15, 0.2) is 5.84 Å². The van der Waals surface area contributed by atoms with Crippen LogP contribution in [0, 0.1) is 6.92 Å². The van der Waals surface area contributed by atoms with Crippen LogP contribution in [0.2, 0.25) is 0 Å². The number of hydrogen-bond donors (Lipinski definition) is 2. The summed E-state index contributed by atoms with van der Waals surface area (Å²) in [5.41, 5.74) is 8.36. The topological polar surface area (TPSA) is 74.7 Å². The molecule has 3 N–H and O–H groups in total. The molecular weight excluding hydrogens is 260 g/mol. The summed E-state index contributed by atoms with van der Waals surface area (Å²) in [7, 11) is 1.97. The molecule has 0 aromatic carbocycles. The van der Waals surface area contributed by atoms with Crippen molar-refractivity contribution in [2.75, 3.05) is 11.9 Å². The molecule has 0 amide bonds. The maximum Gasteiger partial charge on any atom is 0.170 e. The minimum atomic E-state index is 0.0932. The van der Waals surface area contributed by atoms with E-state index in [2.05, 4.69) is 27.0 Å². The molecule has 19 heavy (non-hydrogen) atoms. The summed E-state index contributed by atoms with van der Waals surface area (Å²) in [5, 5.41) is 15.9. The Hall–Kier alpha value is -2.08. The van der Waals surface area contributed by atoms with Gasteiger partial charge in [-0.3, -0.25) is 0 Å². The first kappa shape index (κ1) is 13.4. The Morgan fingerprint density at radius 2 is 2.32 bits per heavy atom. The van der Waals surface area contributed by atoms with Crippen molar-refractivity contribution in [2.45, 2.75) is 13.5 Å². The maximum atomic E-state index is 8.75. The van der Waals surface area contributed by atoms with Crippen molar-refractivity contribution >= 4 is 23.0 Å². The Labute approximate surface area is 116 Å². The second kappa shape index (κ2) is 5.71. The van der Waals surface area contributed by atoms with Gasteiger partial charge >= 0.3 is 0 Å². The van der Waals surface area contributed by atoms with Gasteiger partial charge in [0.2, 0.25) is 0 Å². The van der Waals surface area contributed by atoms with Crippen LogP contribution in [0.4, 0.5) is 5.82 Å². The molecule has 0 radical (unpaired) electrons. The van der Waals surface area contributed by atoms with Gasteiger partial charge in [-0.15, -0.1) is 0 Å². The van der Waals surface area contributed by atoms with E-state index in [1.54, 1.807) is 17.4 Å². The Morgan fingerprint density at radius 3 is 2.95 bits per heavy atom. The maximum absolute atomic E-state index is 8.75. The molecule has 0 saturated heterocycles. The summed E-state index contributed by atoms with van der Waals surface area (Å²) in [5.74, 6) is 0.892. The number of nitrogens with two attached hydrogens (primary N) is 1. The van der Waals surface area contributed by atoms with Crippen LogP contribution in [-0.4, -0.2) is 23.1 Å². The van der Waals surface area contributed by atoms with E-state index in [0.29, 0.717) is 5.56 Å². The van der Waals surface area contributed by atoms with E-state index in [0.717, 1.165) is 18.1 Å². The highest BCUT2D eigenvalue weighted by Gasteiger charge is 2.08. The zero-order valence-electron chi connectivity index (χ0n) is 10.9. The molecule has 0 bridgehead atoms. The smallest absolute Gasteiger partial charge is 0.170 e. The second-order valence-corrected chi connectivity index (χ2v) is 5.11. The predicted molar refractivity (Wildman–Crippen MR) is 77.9 cm³/mol. The molecule has 0 aliphatic carbocycles. The first-order valence-electron chi connectivity index (χ1n) is 5.79. The molecule has 0 saturated carbocycles. The fraction of sp³-hybridized carbons (Fsp3) is 0.231. The number of anilines is 1. The molecule has 5 nitrogen and oxygen atoms in total. The normalized spacial score (nSPS) is 11.6.